The standard InChI is InChI=1S/C17H25N5O4/c1-13(23)20-8-10-21(11-9-20)15-5-4-14(12-16(15)22(25)26)17(24)19-7-3-6-18-2/h4-5,12,18H,3,6-11H2,1-2H3,(H,19,24). The second-order valence-corrected chi connectivity index (χ2v) is 6.17. The average molecular weight is 363 g/mol. The monoisotopic (exact) mass is 363 g/mol. The fourth-order valence-corrected chi connectivity index (χ4v) is 2.91. The zero-order chi connectivity index (χ0) is 19.1. The molecule has 0 saturated carbocycles. The first-order valence-electron chi connectivity index (χ1n) is 8.65. The van der Waals surface area contributed by atoms with Gasteiger partial charge in [0.05, 0.1) is 4.92 Å². The number of anilines is 1. The van der Waals surface area contributed by atoms with Gasteiger partial charge in [0.15, 0.2) is 0 Å². The van der Waals surface area contributed by atoms with Crippen molar-refractivity contribution in [2.24, 2.45) is 0 Å². The molecule has 142 valence electrons. The van der Waals surface area contributed by atoms with Crippen LogP contribution in [-0.4, -0.2) is 68.0 Å². The van der Waals surface area contributed by atoms with E-state index in [-0.39, 0.29) is 23.1 Å². The summed E-state index contributed by atoms with van der Waals surface area (Å²) in [6.07, 6.45) is 0.781. The fourth-order valence-electron chi connectivity index (χ4n) is 2.91. The predicted molar refractivity (Wildman–Crippen MR) is 98.4 cm³/mol. The Hall–Kier alpha value is -2.68. The minimum atomic E-state index is -0.468. The second kappa shape index (κ2) is 9.14. The largest absolute Gasteiger partial charge is 0.362 e. The van der Waals surface area contributed by atoms with Crippen LogP contribution in [0, 0.1) is 10.1 Å². The van der Waals surface area contributed by atoms with E-state index in [1.165, 1.54) is 13.0 Å². The number of hydrogen-bond donors (Lipinski definition) is 2. The molecule has 0 unspecified atom stereocenters. The summed E-state index contributed by atoms with van der Waals surface area (Å²) in [5, 5.41) is 17.2. The third-order valence-electron chi connectivity index (χ3n) is 4.39. The number of amides is 2. The van der Waals surface area contributed by atoms with Crippen molar-refractivity contribution < 1.29 is 14.5 Å². The van der Waals surface area contributed by atoms with Gasteiger partial charge in [0.25, 0.3) is 11.6 Å². The molecule has 1 heterocycles. The van der Waals surface area contributed by atoms with Crippen LogP contribution in [0.25, 0.3) is 0 Å². The first-order chi connectivity index (χ1) is 12.4. The van der Waals surface area contributed by atoms with E-state index < -0.39 is 4.92 Å². The highest BCUT2D eigenvalue weighted by molar-refractivity contribution is 5.95. The Morgan fingerprint density at radius 3 is 2.46 bits per heavy atom. The number of carbonyl (C=O) groups is 2. The van der Waals surface area contributed by atoms with Crippen molar-refractivity contribution in [2.45, 2.75) is 13.3 Å². The highest BCUT2D eigenvalue weighted by Crippen LogP contribution is 2.30. The van der Waals surface area contributed by atoms with Crippen molar-refractivity contribution >= 4 is 23.2 Å². The summed E-state index contributed by atoms with van der Waals surface area (Å²) in [4.78, 5) is 38.2. The summed E-state index contributed by atoms with van der Waals surface area (Å²) < 4.78 is 0. The summed E-state index contributed by atoms with van der Waals surface area (Å²) in [6, 6.07) is 4.54. The maximum absolute atomic E-state index is 12.2. The number of nitrogens with zero attached hydrogens (tertiary/aromatic N) is 3. The lowest BCUT2D eigenvalue weighted by atomic mass is 10.1. The van der Waals surface area contributed by atoms with Gasteiger partial charge in [-0.2, -0.15) is 0 Å². The smallest absolute Gasteiger partial charge is 0.293 e. The minimum Gasteiger partial charge on any atom is -0.362 e. The van der Waals surface area contributed by atoms with E-state index in [4.69, 9.17) is 0 Å². The Labute approximate surface area is 152 Å². The van der Waals surface area contributed by atoms with Crippen LogP contribution in [-0.2, 0) is 4.79 Å². The maximum atomic E-state index is 12.2. The molecule has 0 aromatic heterocycles. The van der Waals surface area contributed by atoms with E-state index in [1.54, 1.807) is 17.0 Å². The Bertz CT molecular complexity index is 671. The normalized spacial score (nSPS) is 14.2. The van der Waals surface area contributed by atoms with E-state index in [9.17, 15) is 19.7 Å². The molecule has 0 atom stereocenters. The number of rotatable bonds is 7. The Morgan fingerprint density at radius 1 is 1.19 bits per heavy atom. The molecule has 2 amide bonds. The molecule has 26 heavy (non-hydrogen) atoms. The van der Waals surface area contributed by atoms with Gasteiger partial charge in [-0.25, -0.2) is 0 Å². The highest BCUT2D eigenvalue weighted by atomic mass is 16.6. The highest BCUT2D eigenvalue weighted by Gasteiger charge is 2.25. The molecule has 2 N–H and O–H groups in total. The van der Waals surface area contributed by atoms with E-state index in [0.717, 1.165) is 13.0 Å². The number of benzene rings is 1. The van der Waals surface area contributed by atoms with Crippen molar-refractivity contribution in [3.63, 3.8) is 0 Å². The third kappa shape index (κ3) is 4.92. The molecule has 0 spiro atoms. The van der Waals surface area contributed by atoms with Crippen LogP contribution in [0.2, 0.25) is 0 Å². The number of piperazine rings is 1. The maximum Gasteiger partial charge on any atom is 0.293 e. The number of hydrogen-bond acceptors (Lipinski definition) is 6. The average Bonchev–Trinajstić information content (AvgIpc) is 2.64. The number of nitro benzene ring substituents is 1. The summed E-state index contributed by atoms with van der Waals surface area (Å²) in [5.41, 5.74) is 0.654. The van der Waals surface area contributed by atoms with Crippen molar-refractivity contribution in [1.82, 2.24) is 15.5 Å². The number of nitrogens with one attached hydrogen (secondary N) is 2. The molecule has 9 heteroatoms. The molecule has 0 aliphatic carbocycles. The zero-order valence-corrected chi connectivity index (χ0v) is 15.2. The van der Waals surface area contributed by atoms with Gasteiger partial charge in [-0.3, -0.25) is 19.7 Å². The van der Waals surface area contributed by atoms with Crippen LogP contribution in [0.15, 0.2) is 18.2 Å². The van der Waals surface area contributed by atoms with E-state index >= 15 is 0 Å². The van der Waals surface area contributed by atoms with Crippen LogP contribution in [0.1, 0.15) is 23.7 Å². The van der Waals surface area contributed by atoms with Crippen molar-refractivity contribution in [3.8, 4) is 0 Å². The van der Waals surface area contributed by atoms with Crippen LogP contribution in [0.4, 0.5) is 11.4 Å². The molecule has 0 bridgehead atoms. The van der Waals surface area contributed by atoms with Crippen molar-refractivity contribution in [1.29, 1.82) is 0 Å². The topological polar surface area (TPSA) is 108 Å². The Morgan fingerprint density at radius 2 is 1.88 bits per heavy atom. The van der Waals surface area contributed by atoms with Crippen LogP contribution >= 0.6 is 0 Å². The van der Waals surface area contributed by atoms with Gasteiger partial charge < -0.3 is 20.4 Å². The van der Waals surface area contributed by atoms with Gasteiger partial charge in [0, 0.05) is 51.3 Å². The molecule has 1 fully saturated rings. The van der Waals surface area contributed by atoms with Crippen LogP contribution in [0.3, 0.4) is 0 Å². The van der Waals surface area contributed by atoms with Gasteiger partial charge in [-0.05, 0) is 32.1 Å². The molecule has 1 aliphatic rings. The third-order valence-corrected chi connectivity index (χ3v) is 4.39. The lowest BCUT2D eigenvalue weighted by Crippen LogP contribution is -2.48. The van der Waals surface area contributed by atoms with Gasteiger partial charge in [0.2, 0.25) is 5.91 Å². The van der Waals surface area contributed by atoms with Gasteiger partial charge in [-0.15, -0.1) is 0 Å². The first-order valence-corrected chi connectivity index (χ1v) is 8.65. The molecule has 9 nitrogen and oxygen atoms in total. The number of carbonyl (C=O) groups excluding carboxylic acids is 2. The molecular formula is C17H25N5O4. The zero-order valence-electron chi connectivity index (χ0n) is 15.2. The van der Waals surface area contributed by atoms with Crippen LogP contribution < -0.4 is 15.5 Å². The molecule has 1 aromatic rings. The van der Waals surface area contributed by atoms with Crippen LogP contribution in [0.5, 0.6) is 0 Å². The fraction of sp³-hybridized carbons (Fsp3) is 0.529. The first kappa shape index (κ1) is 19.6. The lowest BCUT2D eigenvalue weighted by Gasteiger charge is -2.35. The van der Waals surface area contributed by atoms with Crippen molar-refractivity contribution in [3.05, 3.63) is 33.9 Å². The van der Waals surface area contributed by atoms with E-state index in [2.05, 4.69) is 10.6 Å². The van der Waals surface area contributed by atoms with Crippen molar-refractivity contribution in [2.75, 3.05) is 51.2 Å². The molecule has 1 saturated heterocycles. The van der Waals surface area contributed by atoms with Gasteiger partial charge in [0.1, 0.15) is 5.69 Å². The molecule has 1 aromatic carbocycles. The molecule has 1 aliphatic heterocycles. The Balaban J connectivity index is 2.10. The summed E-state index contributed by atoms with van der Waals surface area (Å²) >= 11 is 0. The van der Waals surface area contributed by atoms with Gasteiger partial charge >= 0.3 is 0 Å². The number of nitro groups is 1. The SMILES string of the molecule is CNCCCNC(=O)c1ccc(N2CCN(C(C)=O)CC2)c([N+](=O)[O-])c1. The molecular weight excluding hydrogens is 338 g/mol. The van der Waals surface area contributed by atoms with E-state index in [1.807, 2.05) is 11.9 Å². The summed E-state index contributed by atoms with van der Waals surface area (Å²) in [5.74, 6) is -0.318. The van der Waals surface area contributed by atoms with Gasteiger partial charge in [-0.1, -0.05) is 0 Å². The second-order valence-electron chi connectivity index (χ2n) is 6.17. The lowest BCUT2D eigenvalue weighted by molar-refractivity contribution is -0.384. The molecule has 0 radical (unpaired) electrons. The predicted octanol–water partition coefficient (Wildman–Crippen LogP) is 0.603. The summed E-state index contributed by atoms with van der Waals surface area (Å²) in [7, 11) is 1.83. The quantitative estimate of drug-likeness (QED) is 0.417. The summed E-state index contributed by atoms with van der Waals surface area (Å²) in [6.45, 7) is 4.91. The minimum absolute atomic E-state index is 0.00411. The molecule has 2 rings (SSSR count). The Kier molecular flexibility index (Phi) is 6.90. The van der Waals surface area contributed by atoms with E-state index in [0.29, 0.717) is 38.4 Å².